The molecule has 0 spiro atoms. The van der Waals surface area contributed by atoms with E-state index >= 15 is 0 Å². The Kier molecular flexibility index (Phi) is 20.3. The van der Waals surface area contributed by atoms with Gasteiger partial charge in [-0.2, -0.15) is 0 Å². The normalized spacial score (nSPS) is 24.5. The summed E-state index contributed by atoms with van der Waals surface area (Å²) >= 11 is 3.12. The number of carbonyl (C=O) groups is 8. The van der Waals surface area contributed by atoms with Crippen molar-refractivity contribution < 1.29 is 62.8 Å². The summed E-state index contributed by atoms with van der Waals surface area (Å²) in [6.07, 6.45) is -0.785. The van der Waals surface area contributed by atoms with Gasteiger partial charge >= 0.3 is 12.2 Å². The van der Waals surface area contributed by atoms with Gasteiger partial charge in [-0.3, -0.25) is 38.6 Å². The predicted octanol–water partition coefficient (Wildman–Crippen LogP) is 3.90. The van der Waals surface area contributed by atoms with Crippen molar-refractivity contribution in [2.24, 2.45) is 10.8 Å². The second-order valence-electron chi connectivity index (χ2n) is 20.9. The molecule has 2 aromatic rings. The Bertz CT molecular complexity index is 2190. The predicted molar refractivity (Wildman–Crippen MR) is 281 cm³/mol. The molecule has 4 fully saturated rings. The van der Waals surface area contributed by atoms with Crippen molar-refractivity contribution in [1.82, 2.24) is 40.9 Å². The van der Waals surface area contributed by atoms with Gasteiger partial charge in [0.2, 0.25) is 35.4 Å². The zero-order valence-corrected chi connectivity index (χ0v) is 45.7. The van der Waals surface area contributed by atoms with E-state index in [0.29, 0.717) is 37.2 Å². The van der Waals surface area contributed by atoms with E-state index in [-0.39, 0.29) is 74.0 Å². The minimum atomic E-state index is -1.27. The van der Waals surface area contributed by atoms with E-state index in [1.165, 1.54) is 27.9 Å². The number of carboxylic acid groups (broad SMARTS) is 2. The SMILES string of the molecule is CC(C(=O)N[C@H]1CCS[C@H]2CC(C)(C)[C@@H](C(=O)NC(COCCOCCOCC(NC(=O)[C@H]3N4C(=O)[C@@H](NC(=O)C(C)N(C)C(=O)O)CCS[C@H]4CC3(C)C)c3ccccc3)c3ccccc3)N2C1=O)N(C)C(=O)O. The molecular weight excluding hydrogens is 1010 g/mol. The van der Waals surface area contributed by atoms with Crippen molar-refractivity contribution in [3.63, 3.8) is 0 Å². The Morgan fingerprint density at radius 1 is 0.613 bits per heavy atom. The molecule has 0 bridgehead atoms. The first-order valence-electron chi connectivity index (χ1n) is 25.4. The van der Waals surface area contributed by atoms with E-state index in [9.17, 15) is 48.6 Å². The summed E-state index contributed by atoms with van der Waals surface area (Å²) in [7, 11) is 2.57. The maximum atomic E-state index is 14.4. The van der Waals surface area contributed by atoms with Crippen LogP contribution in [0.15, 0.2) is 60.7 Å². The molecule has 6 N–H and O–H groups in total. The number of amides is 8. The molecule has 10 atom stereocenters. The number of nitrogens with one attached hydrogen (secondary N) is 4. The number of ether oxygens (including phenoxy) is 3. The molecule has 4 unspecified atom stereocenters. The maximum absolute atomic E-state index is 14.4. The standard InChI is InChI=1S/C52H74N8O13S2/c1-31(57(7)49(67)68)43(61)53-35-19-25-74-39-27-51(3,4)41(59(39)47(35)65)45(63)55-37(33-15-11-9-12-16-33)29-72-23-21-71-22-24-73-30-38(34-17-13-10-14-18-34)56-46(64)42-52(5,6)28-40-60(42)48(66)36(20-26-75-40)54-44(62)32(2)58(8)50(69)70/h9-18,31-32,35-42H,19-30H2,1-8H3,(H,53,61)(H,54,62)(H,55,63)(H,56,64)(H,67,68)(H,69,70)/t31?,32?,35-,36-,37?,38?,39-,40-,41+,42+/m0/s1. The zero-order chi connectivity index (χ0) is 54.8. The molecule has 2 aromatic carbocycles. The van der Waals surface area contributed by atoms with E-state index in [1.807, 2.05) is 88.4 Å². The molecule has 0 saturated carbocycles. The van der Waals surface area contributed by atoms with E-state index in [0.717, 1.165) is 20.9 Å². The van der Waals surface area contributed by atoms with Gasteiger partial charge in [-0.15, -0.1) is 23.5 Å². The van der Waals surface area contributed by atoms with Crippen molar-refractivity contribution in [3.05, 3.63) is 71.8 Å². The molecule has 21 nitrogen and oxygen atoms in total. The Balaban J connectivity index is 1.01. The summed E-state index contributed by atoms with van der Waals surface area (Å²) in [5.74, 6) is -1.60. The van der Waals surface area contributed by atoms with Crippen LogP contribution in [0.4, 0.5) is 9.59 Å². The lowest BCUT2D eigenvalue weighted by atomic mass is 9.83. The number of hydrogen-bond acceptors (Lipinski definition) is 13. The van der Waals surface area contributed by atoms with Crippen molar-refractivity contribution in [1.29, 1.82) is 0 Å². The van der Waals surface area contributed by atoms with Crippen LogP contribution in [-0.4, -0.2) is 190 Å². The van der Waals surface area contributed by atoms with Gasteiger partial charge in [0, 0.05) is 14.1 Å². The van der Waals surface area contributed by atoms with Crippen LogP contribution in [0.25, 0.3) is 0 Å². The number of benzene rings is 2. The molecule has 4 saturated heterocycles. The summed E-state index contributed by atoms with van der Waals surface area (Å²) in [4.78, 5) is 111. The average Bonchev–Trinajstić information content (AvgIpc) is 3.70. The van der Waals surface area contributed by atoms with E-state index < -0.39 is 83.2 Å². The number of likely N-dealkylation sites (N-methyl/N-ethyl adjacent to an activating group) is 2. The van der Waals surface area contributed by atoms with Crippen molar-refractivity contribution >= 4 is 71.2 Å². The molecule has 0 aliphatic carbocycles. The maximum Gasteiger partial charge on any atom is 0.407 e. The third-order valence-electron chi connectivity index (χ3n) is 14.6. The second-order valence-corrected chi connectivity index (χ2v) is 23.4. The van der Waals surface area contributed by atoms with Crippen LogP contribution >= 0.6 is 23.5 Å². The van der Waals surface area contributed by atoms with Crippen molar-refractivity contribution in [2.45, 2.75) is 126 Å². The number of rotatable bonds is 22. The number of thioether (sulfide) groups is 2. The highest BCUT2D eigenvalue weighted by Gasteiger charge is 2.56. The summed E-state index contributed by atoms with van der Waals surface area (Å²) in [5.41, 5.74) is 0.349. The number of nitrogens with zero attached hydrogens (tertiary/aromatic N) is 4. The highest BCUT2D eigenvalue weighted by Crippen LogP contribution is 2.48. The molecule has 4 aliphatic heterocycles. The Morgan fingerprint density at radius 3 is 1.31 bits per heavy atom. The lowest BCUT2D eigenvalue weighted by molar-refractivity contribution is -0.144. The number of hydrogen-bond donors (Lipinski definition) is 6. The monoisotopic (exact) mass is 1080 g/mol. The molecule has 412 valence electrons. The fourth-order valence-electron chi connectivity index (χ4n) is 10.0. The molecule has 4 aliphatic rings. The van der Waals surface area contributed by atoms with Crippen LogP contribution in [0.1, 0.15) is 90.4 Å². The molecule has 6 rings (SSSR count). The van der Waals surface area contributed by atoms with Crippen LogP contribution in [-0.2, 0) is 43.0 Å². The van der Waals surface area contributed by atoms with Crippen LogP contribution in [0, 0.1) is 10.8 Å². The Hall–Kier alpha value is -5.62. The summed E-state index contributed by atoms with van der Waals surface area (Å²) in [6.45, 7) is 11.7. The van der Waals surface area contributed by atoms with Gasteiger partial charge in [-0.1, -0.05) is 88.4 Å². The van der Waals surface area contributed by atoms with Crippen LogP contribution in [0.3, 0.4) is 0 Å². The van der Waals surface area contributed by atoms with Gasteiger partial charge in [0.15, 0.2) is 0 Å². The van der Waals surface area contributed by atoms with Gasteiger partial charge in [0.05, 0.1) is 62.5 Å². The van der Waals surface area contributed by atoms with Gasteiger partial charge in [0.1, 0.15) is 36.3 Å². The molecule has 23 heteroatoms. The fourth-order valence-corrected chi connectivity index (χ4v) is 13.2. The smallest absolute Gasteiger partial charge is 0.407 e. The minimum Gasteiger partial charge on any atom is -0.465 e. The first-order chi connectivity index (χ1) is 35.5. The minimum absolute atomic E-state index is 0.0974. The van der Waals surface area contributed by atoms with E-state index in [2.05, 4.69) is 21.3 Å². The number of fused-ring (bicyclic) bond motifs is 2. The van der Waals surface area contributed by atoms with E-state index in [4.69, 9.17) is 14.2 Å². The molecule has 0 radical (unpaired) electrons. The quantitative estimate of drug-likeness (QED) is 0.0914. The van der Waals surface area contributed by atoms with Gasteiger partial charge in [-0.05, 0) is 73.0 Å². The third-order valence-corrected chi connectivity index (χ3v) is 17.1. The van der Waals surface area contributed by atoms with Crippen molar-refractivity contribution in [2.75, 3.05) is 65.2 Å². The molecular formula is C52H74N8O13S2. The van der Waals surface area contributed by atoms with Crippen LogP contribution in [0.5, 0.6) is 0 Å². The zero-order valence-electron chi connectivity index (χ0n) is 44.0. The van der Waals surface area contributed by atoms with Gasteiger partial charge in [-0.25, -0.2) is 9.59 Å². The third kappa shape index (κ3) is 14.5. The molecule has 75 heavy (non-hydrogen) atoms. The number of carbonyl (C=O) groups excluding carboxylic acids is 6. The average molecular weight is 1080 g/mol. The first-order valence-corrected chi connectivity index (χ1v) is 27.5. The Labute approximate surface area is 447 Å². The summed E-state index contributed by atoms with van der Waals surface area (Å²) in [6, 6.07) is 11.9. The topological polar surface area (TPSA) is 266 Å². The van der Waals surface area contributed by atoms with Crippen LogP contribution in [0.2, 0.25) is 0 Å². The largest absolute Gasteiger partial charge is 0.465 e. The summed E-state index contributed by atoms with van der Waals surface area (Å²) < 4.78 is 18.0. The van der Waals surface area contributed by atoms with Gasteiger partial charge in [0.25, 0.3) is 0 Å². The highest BCUT2D eigenvalue weighted by molar-refractivity contribution is 8.00. The van der Waals surface area contributed by atoms with E-state index in [1.54, 1.807) is 33.3 Å². The second kappa shape index (κ2) is 25.9. The van der Waals surface area contributed by atoms with Gasteiger partial charge < -0.3 is 55.5 Å². The Morgan fingerprint density at radius 2 is 0.960 bits per heavy atom. The molecule has 8 amide bonds. The van der Waals surface area contributed by atoms with Crippen LogP contribution < -0.4 is 21.3 Å². The highest BCUT2D eigenvalue weighted by atomic mass is 32.2. The molecule has 4 heterocycles. The fraction of sp³-hybridized carbons (Fsp3) is 0.615. The summed E-state index contributed by atoms with van der Waals surface area (Å²) in [5, 5.41) is 30.0. The van der Waals surface area contributed by atoms with Crippen molar-refractivity contribution in [3.8, 4) is 0 Å². The lowest BCUT2D eigenvalue weighted by Gasteiger charge is -2.35. The lowest BCUT2D eigenvalue weighted by Crippen LogP contribution is -2.58. The first kappa shape index (κ1) is 58.6. The molecule has 0 aromatic heterocycles.